The summed E-state index contributed by atoms with van der Waals surface area (Å²) in [6.45, 7) is 16.2. The Morgan fingerprint density at radius 3 is 2.23 bits per heavy atom. The Balaban J connectivity index is 1.33. The van der Waals surface area contributed by atoms with Crippen molar-refractivity contribution in [3.05, 3.63) is 47.5 Å². The van der Waals surface area contributed by atoms with E-state index in [1.165, 1.54) is 5.57 Å². The molecule has 0 aromatic heterocycles. The molecule has 6 rings (SSSR count). The molecule has 5 aliphatic rings. The van der Waals surface area contributed by atoms with Crippen molar-refractivity contribution in [1.29, 1.82) is 0 Å². The summed E-state index contributed by atoms with van der Waals surface area (Å²) in [5.74, 6) is -0.692. The SMILES string of the molecule is CC1(C)C2CC[C@]3(C)C(C(=O)C=C4[C@@H]5C[C@@](C)(C(=O)OCc6ccccc6)CC[C@]5(C)CC[C@]43C)[C@@]2(C)CC[C@@H]1C(=O)O. The van der Waals surface area contributed by atoms with Crippen LogP contribution in [0.1, 0.15) is 112 Å². The van der Waals surface area contributed by atoms with Gasteiger partial charge in [0.2, 0.25) is 0 Å². The van der Waals surface area contributed by atoms with Gasteiger partial charge in [0.15, 0.2) is 5.78 Å². The highest BCUT2D eigenvalue weighted by atomic mass is 16.5. The molecule has 1 aromatic rings. The molecule has 0 saturated heterocycles. The van der Waals surface area contributed by atoms with E-state index in [2.05, 4.69) is 48.5 Å². The van der Waals surface area contributed by atoms with E-state index >= 15 is 0 Å². The van der Waals surface area contributed by atoms with Crippen LogP contribution in [-0.2, 0) is 25.7 Å². The van der Waals surface area contributed by atoms with Gasteiger partial charge in [-0.3, -0.25) is 14.4 Å². The summed E-state index contributed by atoms with van der Waals surface area (Å²) in [5, 5.41) is 10.1. The number of rotatable bonds is 4. The van der Waals surface area contributed by atoms with Crippen molar-refractivity contribution in [3.8, 4) is 0 Å². The van der Waals surface area contributed by atoms with Crippen LogP contribution in [0.3, 0.4) is 0 Å². The second kappa shape index (κ2) is 9.78. The van der Waals surface area contributed by atoms with Gasteiger partial charge in [-0.2, -0.15) is 0 Å². The molecule has 1 aromatic carbocycles. The quantitative estimate of drug-likeness (QED) is 0.357. The van der Waals surface area contributed by atoms with Crippen molar-refractivity contribution >= 4 is 17.7 Å². The van der Waals surface area contributed by atoms with Crippen molar-refractivity contribution < 1.29 is 24.2 Å². The molecule has 4 saturated carbocycles. The number of carboxylic acid groups (broad SMARTS) is 1. The largest absolute Gasteiger partial charge is 0.481 e. The number of ketones is 1. The van der Waals surface area contributed by atoms with Gasteiger partial charge in [-0.05, 0) is 115 Å². The third kappa shape index (κ3) is 4.26. The molecule has 0 heterocycles. The number of esters is 1. The highest BCUT2D eigenvalue weighted by Gasteiger charge is 2.70. The van der Waals surface area contributed by atoms with E-state index in [4.69, 9.17) is 4.74 Å². The fourth-order valence-corrected chi connectivity index (χ4v) is 11.7. The zero-order valence-corrected chi connectivity index (χ0v) is 27.4. The summed E-state index contributed by atoms with van der Waals surface area (Å²) in [4.78, 5) is 40.5. The van der Waals surface area contributed by atoms with Crippen LogP contribution in [0.15, 0.2) is 42.0 Å². The molecule has 5 nitrogen and oxygen atoms in total. The van der Waals surface area contributed by atoms with E-state index in [-0.39, 0.29) is 69.1 Å². The Labute approximate surface area is 258 Å². The molecule has 234 valence electrons. The number of carboxylic acids is 1. The van der Waals surface area contributed by atoms with Crippen LogP contribution < -0.4 is 0 Å². The summed E-state index contributed by atoms with van der Waals surface area (Å²) in [7, 11) is 0. The van der Waals surface area contributed by atoms with Gasteiger partial charge in [0.25, 0.3) is 0 Å². The van der Waals surface area contributed by atoms with Gasteiger partial charge >= 0.3 is 11.9 Å². The van der Waals surface area contributed by atoms with Crippen LogP contribution in [0.4, 0.5) is 0 Å². The number of hydrogen-bond donors (Lipinski definition) is 1. The molecule has 9 atom stereocenters. The Bertz CT molecular complexity index is 1360. The van der Waals surface area contributed by atoms with E-state index in [9.17, 15) is 19.5 Å². The van der Waals surface area contributed by atoms with Crippen molar-refractivity contribution in [3.63, 3.8) is 0 Å². The minimum atomic E-state index is -0.696. The third-order valence-corrected chi connectivity index (χ3v) is 14.6. The van der Waals surface area contributed by atoms with Gasteiger partial charge in [0.05, 0.1) is 11.3 Å². The molecule has 1 N–H and O–H groups in total. The van der Waals surface area contributed by atoms with E-state index in [1.807, 2.05) is 36.4 Å². The van der Waals surface area contributed by atoms with Crippen molar-refractivity contribution in [2.45, 2.75) is 113 Å². The van der Waals surface area contributed by atoms with Crippen LogP contribution in [0, 0.1) is 56.2 Å². The summed E-state index contributed by atoms with van der Waals surface area (Å²) >= 11 is 0. The Morgan fingerprint density at radius 1 is 0.884 bits per heavy atom. The maximum atomic E-state index is 14.6. The lowest BCUT2D eigenvalue weighted by Gasteiger charge is -2.70. The van der Waals surface area contributed by atoms with Gasteiger partial charge in [-0.15, -0.1) is 0 Å². The lowest BCUT2D eigenvalue weighted by Crippen LogP contribution is -2.66. The number of fused-ring (bicyclic) bond motifs is 7. The number of hydrogen-bond acceptors (Lipinski definition) is 4. The maximum absolute atomic E-state index is 14.6. The Morgan fingerprint density at radius 2 is 1.56 bits per heavy atom. The van der Waals surface area contributed by atoms with Crippen molar-refractivity contribution in [1.82, 2.24) is 0 Å². The van der Waals surface area contributed by atoms with Gasteiger partial charge in [-0.1, -0.05) is 77.4 Å². The van der Waals surface area contributed by atoms with E-state index < -0.39 is 11.4 Å². The smallest absolute Gasteiger partial charge is 0.312 e. The molecule has 5 heteroatoms. The molecular weight excluding hydrogens is 536 g/mol. The number of carbonyl (C=O) groups is 3. The van der Waals surface area contributed by atoms with E-state index in [0.29, 0.717) is 6.42 Å². The van der Waals surface area contributed by atoms with Crippen LogP contribution in [0.2, 0.25) is 0 Å². The fraction of sp³-hybridized carbons (Fsp3) is 0.711. The van der Waals surface area contributed by atoms with Gasteiger partial charge in [0.1, 0.15) is 6.61 Å². The summed E-state index contributed by atoms with van der Waals surface area (Å²) in [6.07, 6.45) is 10.0. The molecule has 4 fully saturated rings. The number of allylic oxidation sites excluding steroid dienone is 2. The molecule has 0 amide bonds. The van der Waals surface area contributed by atoms with Crippen molar-refractivity contribution in [2.75, 3.05) is 0 Å². The van der Waals surface area contributed by atoms with Gasteiger partial charge < -0.3 is 9.84 Å². The predicted octanol–water partition coefficient (Wildman–Crippen LogP) is 8.41. The average Bonchev–Trinajstić information content (AvgIpc) is 2.93. The highest BCUT2D eigenvalue weighted by Crippen LogP contribution is 2.75. The van der Waals surface area contributed by atoms with E-state index in [1.54, 1.807) is 0 Å². The molecular formula is C38H52O5. The number of ether oxygens (including phenoxy) is 1. The minimum Gasteiger partial charge on any atom is -0.481 e. The molecule has 43 heavy (non-hydrogen) atoms. The first-order valence-corrected chi connectivity index (χ1v) is 16.7. The van der Waals surface area contributed by atoms with Gasteiger partial charge in [0, 0.05) is 5.92 Å². The lowest BCUT2D eigenvalue weighted by atomic mass is 9.33. The van der Waals surface area contributed by atoms with Crippen molar-refractivity contribution in [2.24, 2.45) is 56.2 Å². The summed E-state index contributed by atoms with van der Waals surface area (Å²) < 4.78 is 5.92. The zero-order chi connectivity index (χ0) is 31.2. The highest BCUT2D eigenvalue weighted by molar-refractivity contribution is 5.95. The van der Waals surface area contributed by atoms with Crippen LogP contribution in [0.5, 0.6) is 0 Å². The topological polar surface area (TPSA) is 80.7 Å². The molecule has 2 unspecified atom stereocenters. The molecule has 0 radical (unpaired) electrons. The molecule has 0 aliphatic heterocycles. The maximum Gasteiger partial charge on any atom is 0.312 e. The lowest BCUT2D eigenvalue weighted by molar-refractivity contribution is -0.198. The molecule has 0 spiro atoms. The first-order valence-electron chi connectivity index (χ1n) is 16.7. The van der Waals surface area contributed by atoms with Crippen LogP contribution in [-0.4, -0.2) is 22.8 Å². The number of benzene rings is 1. The average molecular weight is 589 g/mol. The fourth-order valence-electron chi connectivity index (χ4n) is 11.7. The van der Waals surface area contributed by atoms with E-state index in [0.717, 1.165) is 56.9 Å². The van der Waals surface area contributed by atoms with Gasteiger partial charge in [-0.25, -0.2) is 0 Å². The zero-order valence-electron chi connectivity index (χ0n) is 27.4. The first kappa shape index (κ1) is 30.6. The third-order valence-electron chi connectivity index (χ3n) is 14.6. The predicted molar refractivity (Wildman–Crippen MR) is 167 cm³/mol. The van der Waals surface area contributed by atoms with Crippen LogP contribution >= 0.6 is 0 Å². The molecule has 5 aliphatic carbocycles. The first-order chi connectivity index (χ1) is 20.0. The molecule has 0 bridgehead atoms. The second-order valence-corrected chi connectivity index (χ2v) is 17.1. The standard InChI is InChI=1S/C38H52O5/c1-33(2)25(31(40)41)13-15-36(5)29(33)14-16-38(7)30(36)28(39)21-26-27-22-35(4,18-17-34(27,3)19-20-37(26,38)6)32(42)43-23-24-11-9-8-10-12-24/h8-12,21,25,27,29-30H,13-20,22-23H2,1-7H3,(H,40,41)/t25-,27+,29?,30?,34-,35+,36+,37-,38-/m1/s1. The normalized spacial score (nSPS) is 45.0. The Kier molecular flexibility index (Phi) is 6.96. The number of aliphatic carboxylic acids is 1. The second-order valence-electron chi connectivity index (χ2n) is 17.1. The summed E-state index contributed by atoms with van der Waals surface area (Å²) in [6, 6.07) is 9.87. The minimum absolute atomic E-state index is 0.0662. The summed E-state index contributed by atoms with van der Waals surface area (Å²) in [5.41, 5.74) is 0.841. The Hall–Kier alpha value is -2.43. The van der Waals surface area contributed by atoms with Crippen LogP contribution in [0.25, 0.3) is 0 Å². The monoisotopic (exact) mass is 588 g/mol. The number of carbonyl (C=O) groups excluding carboxylic acids is 2.